The lowest BCUT2D eigenvalue weighted by Crippen LogP contribution is -2.19. The fourth-order valence-electron chi connectivity index (χ4n) is 2.28. The van der Waals surface area contributed by atoms with Crippen LogP contribution in [0, 0.1) is 0 Å². The molecule has 20 heavy (non-hydrogen) atoms. The van der Waals surface area contributed by atoms with Gasteiger partial charge in [-0.05, 0) is 30.0 Å². The van der Waals surface area contributed by atoms with Crippen LogP contribution in [0.2, 0.25) is 5.02 Å². The summed E-state index contributed by atoms with van der Waals surface area (Å²) in [4.78, 5) is 3.43. The van der Waals surface area contributed by atoms with Crippen molar-refractivity contribution in [2.24, 2.45) is 5.73 Å². The second-order valence-electron chi connectivity index (χ2n) is 4.61. The standard InChI is InChI=1S/C16H19ClN2S/c1-19(11-12-6-3-4-7-14(12)17)15-8-5-9-16(20-2)13(15)10-18/h3-9H,10-11,18H2,1-2H3. The topological polar surface area (TPSA) is 29.3 Å². The molecule has 0 heterocycles. The minimum Gasteiger partial charge on any atom is -0.370 e. The molecule has 2 aromatic carbocycles. The minimum atomic E-state index is 0.541. The van der Waals surface area contributed by atoms with Crippen LogP contribution in [0.3, 0.4) is 0 Å². The summed E-state index contributed by atoms with van der Waals surface area (Å²) in [5.41, 5.74) is 9.40. The van der Waals surface area contributed by atoms with Crippen molar-refractivity contribution < 1.29 is 0 Å². The number of hydrogen-bond acceptors (Lipinski definition) is 3. The van der Waals surface area contributed by atoms with Gasteiger partial charge in [-0.1, -0.05) is 35.9 Å². The highest BCUT2D eigenvalue weighted by Crippen LogP contribution is 2.30. The molecule has 0 spiro atoms. The summed E-state index contributed by atoms with van der Waals surface area (Å²) in [6, 6.07) is 14.2. The summed E-state index contributed by atoms with van der Waals surface area (Å²) in [6.07, 6.45) is 2.08. The fourth-order valence-corrected chi connectivity index (χ4v) is 3.12. The van der Waals surface area contributed by atoms with Crippen LogP contribution in [0.15, 0.2) is 47.4 Å². The van der Waals surface area contributed by atoms with E-state index in [4.69, 9.17) is 17.3 Å². The lowest BCUT2D eigenvalue weighted by Gasteiger charge is -2.24. The first-order valence-electron chi connectivity index (χ1n) is 6.48. The van der Waals surface area contributed by atoms with Crippen LogP contribution in [-0.2, 0) is 13.1 Å². The van der Waals surface area contributed by atoms with Gasteiger partial charge < -0.3 is 10.6 Å². The average Bonchev–Trinajstić information content (AvgIpc) is 2.48. The van der Waals surface area contributed by atoms with Crippen LogP contribution < -0.4 is 10.6 Å². The van der Waals surface area contributed by atoms with E-state index >= 15 is 0 Å². The van der Waals surface area contributed by atoms with Crippen LogP contribution in [0.5, 0.6) is 0 Å². The molecule has 0 amide bonds. The maximum atomic E-state index is 6.23. The van der Waals surface area contributed by atoms with Gasteiger partial charge in [0.1, 0.15) is 0 Å². The average molecular weight is 307 g/mol. The Hall–Kier alpha value is -1.16. The molecule has 0 radical (unpaired) electrons. The van der Waals surface area contributed by atoms with E-state index in [-0.39, 0.29) is 0 Å². The van der Waals surface area contributed by atoms with E-state index in [9.17, 15) is 0 Å². The van der Waals surface area contributed by atoms with Crippen molar-refractivity contribution in [2.75, 3.05) is 18.2 Å². The molecule has 0 saturated carbocycles. The van der Waals surface area contributed by atoms with Crippen LogP contribution in [-0.4, -0.2) is 13.3 Å². The largest absolute Gasteiger partial charge is 0.370 e. The van der Waals surface area contributed by atoms with Crippen molar-refractivity contribution in [3.8, 4) is 0 Å². The molecular weight excluding hydrogens is 288 g/mol. The Kier molecular flexibility index (Phi) is 5.35. The molecule has 2 N–H and O–H groups in total. The lowest BCUT2D eigenvalue weighted by molar-refractivity contribution is 0.894. The molecule has 0 aliphatic carbocycles. The highest BCUT2D eigenvalue weighted by Gasteiger charge is 2.11. The van der Waals surface area contributed by atoms with E-state index in [1.54, 1.807) is 11.8 Å². The number of thioether (sulfide) groups is 1. The van der Waals surface area contributed by atoms with Crippen LogP contribution in [0.1, 0.15) is 11.1 Å². The summed E-state index contributed by atoms with van der Waals surface area (Å²) in [7, 11) is 2.07. The molecule has 0 aromatic heterocycles. The molecule has 2 rings (SSSR count). The molecule has 4 heteroatoms. The van der Waals surface area contributed by atoms with Crippen LogP contribution >= 0.6 is 23.4 Å². The second-order valence-corrected chi connectivity index (χ2v) is 5.86. The molecule has 0 unspecified atom stereocenters. The zero-order chi connectivity index (χ0) is 14.5. The Labute approximate surface area is 129 Å². The maximum absolute atomic E-state index is 6.23. The van der Waals surface area contributed by atoms with E-state index in [1.165, 1.54) is 16.1 Å². The summed E-state index contributed by atoms with van der Waals surface area (Å²) in [5.74, 6) is 0. The van der Waals surface area contributed by atoms with Crippen molar-refractivity contribution in [1.82, 2.24) is 0 Å². The summed E-state index contributed by atoms with van der Waals surface area (Å²) >= 11 is 7.96. The number of hydrogen-bond donors (Lipinski definition) is 1. The second kappa shape index (κ2) is 7.02. The van der Waals surface area contributed by atoms with E-state index in [2.05, 4.69) is 42.5 Å². The predicted octanol–water partition coefficient (Wildman–Crippen LogP) is 4.16. The Bertz CT molecular complexity index is 586. The number of anilines is 1. The van der Waals surface area contributed by atoms with E-state index < -0.39 is 0 Å². The summed E-state index contributed by atoms with van der Waals surface area (Å²) in [5, 5.41) is 0.801. The van der Waals surface area contributed by atoms with Crippen molar-refractivity contribution >= 4 is 29.1 Å². The maximum Gasteiger partial charge on any atom is 0.0455 e. The number of halogens is 1. The Balaban J connectivity index is 2.30. The van der Waals surface area contributed by atoms with Gasteiger partial charge in [-0.3, -0.25) is 0 Å². The number of rotatable bonds is 5. The zero-order valence-corrected chi connectivity index (χ0v) is 13.3. The molecular formula is C16H19ClN2S. The molecule has 0 bridgehead atoms. The zero-order valence-electron chi connectivity index (χ0n) is 11.8. The van der Waals surface area contributed by atoms with Gasteiger partial charge in [-0.2, -0.15) is 0 Å². The number of benzene rings is 2. The van der Waals surface area contributed by atoms with Crippen molar-refractivity contribution in [3.05, 3.63) is 58.6 Å². The van der Waals surface area contributed by atoms with Gasteiger partial charge in [0.15, 0.2) is 0 Å². The molecule has 106 valence electrons. The van der Waals surface area contributed by atoms with Crippen LogP contribution in [0.25, 0.3) is 0 Å². The molecule has 0 aliphatic rings. The van der Waals surface area contributed by atoms with E-state index in [1.807, 2.05) is 18.2 Å². The summed E-state index contributed by atoms with van der Waals surface area (Å²) < 4.78 is 0. The molecule has 2 aromatic rings. The molecule has 0 saturated heterocycles. The van der Waals surface area contributed by atoms with Crippen molar-refractivity contribution in [3.63, 3.8) is 0 Å². The first-order valence-corrected chi connectivity index (χ1v) is 8.08. The first-order chi connectivity index (χ1) is 9.67. The first kappa shape index (κ1) is 15.2. The monoisotopic (exact) mass is 306 g/mol. The molecule has 0 atom stereocenters. The highest BCUT2D eigenvalue weighted by molar-refractivity contribution is 7.98. The van der Waals surface area contributed by atoms with Crippen LogP contribution in [0.4, 0.5) is 5.69 Å². The Morgan fingerprint density at radius 3 is 2.55 bits per heavy atom. The van der Waals surface area contributed by atoms with Crippen molar-refractivity contribution in [1.29, 1.82) is 0 Å². The predicted molar refractivity (Wildman–Crippen MR) is 89.7 cm³/mol. The molecule has 0 fully saturated rings. The molecule has 0 aliphatic heterocycles. The van der Waals surface area contributed by atoms with Gasteiger partial charge in [0, 0.05) is 41.3 Å². The smallest absolute Gasteiger partial charge is 0.0455 e. The highest BCUT2D eigenvalue weighted by atomic mass is 35.5. The Morgan fingerprint density at radius 2 is 1.90 bits per heavy atom. The number of nitrogens with two attached hydrogens (primary N) is 1. The summed E-state index contributed by atoms with van der Waals surface area (Å²) in [6.45, 7) is 1.31. The fraction of sp³-hybridized carbons (Fsp3) is 0.250. The lowest BCUT2D eigenvalue weighted by atomic mass is 10.1. The Morgan fingerprint density at radius 1 is 1.15 bits per heavy atom. The van der Waals surface area contributed by atoms with Gasteiger partial charge in [0.25, 0.3) is 0 Å². The minimum absolute atomic E-state index is 0.541. The van der Waals surface area contributed by atoms with E-state index in [0.29, 0.717) is 6.54 Å². The van der Waals surface area contributed by atoms with E-state index in [0.717, 1.165) is 17.1 Å². The quantitative estimate of drug-likeness (QED) is 0.841. The van der Waals surface area contributed by atoms with Gasteiger partial charge in [-0.25, -0.2) is 0 Å². The van der Waals surface area contributed by atoms with Gasteiger partial charge >= 0.3 is 0 Å². The SMILES string of the molecule is CSc1cccc(N(C)Cc2ccccc2Cl)c1CN. The van der Waals surface area contributed by atoms with Crippen molar-refractivity contribution in [2.45, 2.75) is 18.0 Å². The van der Waals surface area contributed by atoms with Gasteiger partial charge in [0.05, 0.1) is 0 Å². The molecule has 2 nitrogen and oxygen atoms in total. The normalized spacial score (nSPS) is 10.6. The van der Waals surface area contributed by atoms with Gasteiger partial charge in [0.2, 0.25) is 0 Å². The number of nitrogens with zero attached hydrogens (tertiary/aromatic N) is 1. The third-order valence-electron chi connectivity index (χ3n) is 3.31. The third-order valence-corrected chi connectivity index (χ3v) is 4.50. The third kappa shape index (κ3) is 3.29. The van der Waals surface area contributed by atoms with Gasteiger partial charge in [-0.15, -0.1) is 11.8 Å².